The van der Waals surface area contributed by atoms with Gasteiger partial charge in [-0.15, -0.1) is 17.3 Å². The van der Waals surface area contributed by atoms with Crippen LogP contribution in [-0.2, 0) is 4.79 Å². The van der Waals surface area contributed by atoms with E-state index in [1.54, 1.807) is 11.8 Å². The maximum atomic E-state index is 12.0. The number of rotatable bonds is 4. The molecule has 1 aromatic rings. The molecule has 112 valence electrons. The molecule has 0 saturated carbocycles. The molecule has 2 nitrogen and oxygen atoms in total. The second kappa shape index (κ2) is 7.19. The summed E-state index contributed by atoms with van der Waals surface area (Å²) in [5.74, 6) is 4.55. The number of benzene rings is 1. The lowest BCUT2D eigenvalue weighted by atomic mass is 10.2. The average molecular weight is 318 g/mol. The van der Waals surface area contributed by atoms with Gasteiger partial charge >= 0.3 is 0 Å². The van der Waals surface area contributed by atoms with E-state index in [4.69, 9.17) is 0 Å². The second-order valence-corrected chi connectivity index (χ2v) is 12.2. The molecule has 1 aliphatic heterocycles. The number of hydrogen-bond donors (Lipinski definition) is 0. The summed E-state index contributed by atoms with van der Waals surface area (Å²) in [6.07, 6.45) is 1.55. The molecule has 1 amide bonds. The van der Waals surface area contributed by atoms with Crippen LogP contribution >= 0.6 is 11.8 Å². The molecule has 4 heteroatoms. The van der Waals surface area contributed by atoms with Gasteiger partial charge in [-0.05, 0) is 18.6 Å². The van der Waals surface area contributed by atoms with E-state index >= 15 is 0 Å². The molecule has 2 rings (SSSR count). The van der Waals surface area contributed by atoms with Crippen molar-refractivity contribution < 1.29 is 4.79 Å². The Hall–Kier alpha value is -1.18. The summed E-state index contributed by atoms with van der Waals surface area (Å²) in [6, 6.07) is 10.5. The van der Waals surface area contributed by atoms with Gasteiger partial charge in [0.25, 0.3) is 0 Å². The smallest absolute Gasteiger partial charge is 0.223 e. The van der Waals surface area contributed by atoms with Gasteiger partial charge in [0.1, 0.15) is 8.07 Å². The number of likely N-dealkylation sites (tertiary alicyclic amines) is 1. The van der Waals surface area contributed by atoms with Crippen LogP contribution in [0.3, 0.4) is 0 Å². The highest BCUT2D eigenvalue weighted by Crippen LogP contribution is 2.22. The van der Waals surface area contributed by atoms with Gasteiger partial charge in [0.2, 0.25) is 5.91 Å². The highest BCUT2D eigenvalue weighted by Gasteiger charge is 2.29. The first-order valence-corrected chi connectivity index (χ1v) is 11.9. The number of amides is 1. The van der Waals surface area contributed by atoms with E-state index in [1.807, 2.05) is 23.1 Å². The number of carbonyl (C=O) groups excluding carboxylic acids is 1. The van der Waals surface area contributed by atoms with Gasteiger partial charge in [-0.25, -0.2) is 0 Å². The largest absolute Gasteiger partial charge is 0.328 e. The number of hydrogen-bond acceptors (Lipinski definition) is 2. The maximum Gasteiger partial charge on any atom is 0.223 e. The molecule has 0 N–H and O–H groups in total. The third kappa shape index (κ3) is 5.26. The molecule has 0 aromatic heterocycles. The molecular weight excluding hydrogens is 294 g/mol. The van der Waals surface area contributed by atoms with Crippen molar-refractivity contribution in [1.82, 2.24) is 4.90 Å². The Kier molecular flexibility index (Phi) is 5.55. The van der Waals surface area contributed by atoms with E-state index in [2.05, 4.69) is 43.2 Å². The lowest BCUT2D eigenvalue weighted by Gasteiger charge is -2.21. The van der Waals surface area contributed by atoms with Crippen LogP contribution in [0.5, 0.6) is 0 Å². The van der Waals surface area contributed by atoms with Crippen LogP contribution in [-0.4, -0.2) is 37.2 Å². The van der Waals surface area contributed by atoms with E-state index in [0.29, 0.717) is 6.42 Å². The zero-order valence-electron chi connectivity index (χ0n) is 13.1. The minimum atomic E-state index is -1.36. The summed E-state index contributed by atoms with van der Waals surface area (Å²) in [5, 5.41) is 0. The van der Waals surface area contributed by atoms with Crippen molar-refractivity contribution in [1.29, 1.82) is 0 Å². The van der Waals surface area contributed by atoms with E-state index in [-0.39, 0.29) is 11.9 Å². The quantitative estimate of drug-likeness (QED) is 0.480. The Morgan fingerprint density at radius 2 is 2.00 bits per heavy atom. The second-order valence-electron chi connectivity index (χ2n) is 6.32. The highest BCUT2D eigenvalue weighted by atomic mass is 32.2. The first-order chi connectivity index (χ1) is 9.96. The first kappa shape index (κ1) is 16.2. The van der Waals surface area contributed by atoms with Crippen LogP contribution in [0.15, 0.2) is 35.2 Å². The van der Waals surface area contributed by atoms with Crippen molar-refractivity contribution in [3.63, 3.8) is 0 Å². The maximum absolute atomic E-state index is 12.0. The zero-order chi connectivity index (χ0) is 15.3. The molecule has 1 atom stereocenters. The Morgan fingerprint density at radius 1 is 1.29 bits per heavy atom. The fourth-order valence-corrected chi connectivity index (χ4v) is 3.72. The van der Waals surface area contributed by atoms with Gasteiger partial charge in [-0.1, -0.05) is 43.8 Å². The summed E-state index contributed by atoms with van der Waals surface area (Å²) < 4.78 is 0. The molecule has 1 aliphatic rings. The van der Waals surface area contributed by atoms with Crippen LogP contribution in [0.1, 0.15) is 12.8 Å². The van der Waals surface area contributed by atoms with Crippen LogP contribution < -0.4 is 0 Å². The predicted molar refractivity (Wildman–Crippen MR) is 93.0 cm³/mol. The van der Waals surface area contributed by atoms with Crippen LogP contribution in [0, 0.1) is 11.5 Å². The monoisotopic (exact) mass is 317 g/mol. The molecule has 0 spiro atoms. The summed E-state index contributed by atoms with van der Waals surface area (Å²) in [7, 11) is -1.36. The summed E-state index contributed by atoms with van der Waals surface area (Å²) in [4.78, 5) is 15.2. The minimum Gasteiger partial charge on any atom is -0.328 e. The summed E-state index contributed by atoms with van der Waals surface area (Å²) >= 11 is 1.80. The molecule has 0 aliphatic carbocycles. The first-order valence-electron chi connectivity index (χ1n) is 7.46. The third-order valence-corrected chi connectivity index (χ3v) is 5.17. The van der Waals surface area contributed by atoms with Crippen molar-refractivity contribution in [3.8, 4) is 11.5 Å². The SMILES string of the molecule is C[Si](C)(C)C#CC1CCC(=O)N1CCSc1ccccc1. The normalized spacial score (nSPS) is 18.5. The standard InChI is InChI=1S/C17H23NOSSi/c1-21(2,3)14-11-15-9-10-17(19)18(15)12-13-20-16-7-5-4-6-8-16/h4-8,15H,9-10,12-13H2,1-3H3. The minimum absolute atomic E-state index is 0.139. The van der Waals surface area contributed by atoms with E-state index in [0.717, 1.165) is 18.7 Å². The molecular formula is C17H23NOSSi. The number of thioether (sulfide) groups is 1. The van der Waals surface area contributed by atoms with Crippen molar-refractivity contribution in [2.24, 2.45) is 0 Å². The van der Waals surface area contributed by atoms with E-state index in [9.17, 15) is 4.79 Å². The predicted octanol–water partition coefficient (Wildman–Crippen LogP) is 3.65. The Morgan fingerprint density at radius 3 is 2.67 bits per heavy atom. The van der Waals surface area contributed by atoms with Gasteiger partial charge in [0, 0.05) is 23.6 Å². The fraction of sp³-hybridized carbons (Fsp3) is 0.471. The highest BCUT2D eigenvalue weighted by molar-refractivity contribution is 7.99. The van der Waals surface area contributed by atoms with Crippen LogP contribution in [0.2, 0.25) is 19.6 Å². The Labute approximate surface area is 133 Å². The molecule has 1 unspecified atom stereocenters. The summed E-state index contributed by atoms with van der Waals surface area (Å²) in [6.45, 7) is 7.52. The Bertz CT molecular complexity index is 541. The average Bonchev–Trinajstić information content (AvgIpc) is 2.78. The molecule has 0 radical (unpaired) electrons. The lowest BCUT2D eigenvalue weighted by molar-refractivity contribution is -0.128. The van der Waals surface area contributed by atoms with Crippen molar-refractivity contribution in [2.45, 2.75) is 43.4 Å². The van der Waals surface area contributed by atoms with Gasteiger partial charge in [-0.2, -0.15) is 0 Å². The fourth-order valence-electron chi connectivity index (χ4n) is 2.24. The van der Waals surface area contributed by atoms with Crippen LogP contribution in [0.25, 0.3) is 0 Å². The number of carbonyl (C=O) groups is 1. The van der Waals surface area contributed by atoms with E-state index in [1.165, 1.54) is 4.90 Å². The topological polar surface area (TPSA) is 20.3 Å². The van der Waals surface area contributed by atoms with Crippen molar-refractivity contribution >= 4 is 25.7 Å². The third-order valence-electron chi connectivity index (χ3n) is 3.29. The van der Waals surface area contributed by atoms with Crippen molar-refractivity contribution in [3.05, 3.63) is 30.3 Å². The molecule has 1 fully saturated rings. The van der Waals surface area contributed by atoms with Crippen molar-refractivity contribution in [2.75, 3.05) is 12.3 Å². The number of nitrogens with zero attached hydrogens (tertiary/aromatic N) is 1. The van der Waals surface area contributed by atoms with Gasteiger partial charge in [0.05, 0.1) is 6.04 Å². The lowest BCUT2D eigenvalue weighted by Crippen LogP contribution is -2.34. The zero-order valence-corrected chi connectivity index (χ0v) is 14.9. The van der Waals surface area contributed by atoms with Gasteiger partial charge in [0.15, 0.2) is 0 Å². The molecule has 0 bridgehead atoms. The Balaban J connectivity index is 1.90. The molecule has 1 aromatic carbocycles. The van der Waals surface area contributed by atoms with E-state index < -0.39 is 8.07 Å². The molecule has 21 heavy (non-hydrogen) atoms. The molecule has 1 saturated heterocycles. The van der Waals surface area contributed by atoms with Gasteiger partial charge < -0.3 is 4.90 Å². The van der Waals surface area contributed by atoms with Crippen LogP contribution in [0.4, 0.5) is 0 Å². The van der Waals surface area contributed by atoms with Gasteiger partial charge in [-0.3, -0.25) is 4.79 Å². The molecule has 1 heterocycles. The summed E-state index contributed by atoms with van der Waals surface area (Å²) in [5.41, 5.74) is 3.41.